The number of ether oxygens (including phenoxy) is 1. The summed E-state index contributed by atoms with van der Waals surface area (Å²) in [6.45, 7) is 0.778. The summed E-state index contributed by atoms with van der Waals surface area (Å²) in [4.78, 5) is 0. The Kier molecular flexibility index (Phi) is 1.74. The van der Waals surface area contributed by atoms with E-state index in [1.54, 1.807) is 0 Å². The molecule has 1 fully saturated rings. The first-order valence-corrected chi connectivity index (χ1v) is 4.31. The average Bonchev–Trinajstić information content (AvgIpc) is 2.08. The van der Waals surface area contributed by atoms with Crippen molar-refractivity contribution in [3.05, 3.63) is 0 Å². The minimum absolute atomic E-state index is 0.263. The standard InChI is InChI=1S/C4H9NO3S/c5-9(6,7)4-1-2-8-3-4/h4H,1-3H2,(H2,5,6,7). The second kappa shape index (κ2) is 2.24. The molecule has 1 aliphatic heterocycles. The Morgan fingerprint density at radius 3 is 2.44 bits per heavy atom. The number of hydrogen-bond acceptors (Lipinski definition) is 3. The fourth-order valence-corrected chi connectivity index (χ4v) is 1.48. The van der Waals surface area contributed by atoms with Gasteiger partial charge in [-0.1, -0.05) is 0 Å². The number of nitrogens with two attached hydrogens (primary N) is 1. The van der Waals surface area contributed by atoms with Crippen LogP contribution in [0.25, 0.3) is 0 Å². The molecule has 0 amide bonds. The first kappa shape index (κ1) is 6.98. The van der Waals surface area contributed by atoms with Gasteiger partial charge in [-0.2, -0.15) is 0 Å². The van der Waals surface area contributed by atoms with Gasteiger partial charge in [0, 0.05) is 6.61 Å². The van der Waals surface area contributed by atoms with E-state index in [2.05, 4.69) is 0 Å². The van der Waals surface area contributed by atoms with E-state index in [0.29, 0.717) is 13.0 Å². The molecule has 0 aliphatic carbocycles. The second-order valence-corrected chi connectivity index (χ2v) is 3.92. The molecule has 1 rings (SSSR count). The molecule has 1 atom stereocenters. The summed E-state index contributed by atoms with van der Waals surface area (Å²) in [6.07, 6.45) is 0.541. The maximum Gasteiger partial charge on any atom is 0.214 e. The van der Waals surface area contributed by atoms with Gasteiger partial charge in [-0.25, -0.2) is 13.6 Å². The van der Waals surface area contributed by atoms with Crippen LogP contribution >= 0.6 is 0 Å². The van der Waals surface area contributed by atoms with Gasteiger partial charge in [-0.05, 0) is 6.42 Å². The normalized spacial score (nSPS) is 28.8. The highest BCUT2D eigenvalue weighted by Gasteiger charge is 2.25. The van der Waals surface area contributed by atoms with Crippen LogP contribution in [-0.4, -0.2) is 26.9 Å². The Morgan fingerprint density at radius 2 is 2.22 bits per heavy atom. The fourth-order valence-electron chi connectivity index (χ4n) is 0.772. The van der Waals surface area contributed by atoms with Crippen molar-refractivity contribution in [2.45, 2.75) is 11.7 Å². The van der Waals surface area contributed by atoms with E-state index in [1.807, 2.05) is 0 Å². The molecule has 5 heteroatoms. The molecular weight excluding hydrogens is 142 g/mol. The van der Waals surface area contributed by atoms with Crippen LogP contribution in [0.5, 0.6) is 0 Å². The van der Waals surface area contributed by atoms with Crippen LogP contribution in [-0.2, 0) is 14.8 Å². The molecule has 4 nitrogen and oxygen atoms in total. The number of rotatable bonds is 1. The van der Waals surface area contributed by atoms with Gasteiger partial charge in [-0.15, -0.1) is 0 Å². The molecule has 1 saturated heterocycles. The lowest BCUT2D eigenvalue weighted by molar-refractivity contribution is 0.198. The highest BCUT2D eigenvalue weighted by atomic mass is 32.2. The fraction of sp³-hybridized carbons (Fsp3) is 1.00. The van der Waals surface area contributed by atoms with E-state index in [0.717, 1.165) is 0 Å². The lowest BCUT2D eigenvalue weighted by Crippen LogP contribution is -2.28. The van der Waals surface area contributed by atoms with Crippen molar-refractivity contribution in [1.29, 1.82) is 0 Å². The van der Waals surface area contributed by atoms with Gasteiger partial charge in [0.05, 0.1) is 6.61 Å². The molecule has 54 valence electrons. The number of primary sulfonamides is 1. The molecule has 1 heterocycles. The van der Waals surface area contributed by atoms with Gasteiger partial charge in [0.1, 0.15) is 5.25 Å². The molecule has 0 bridgehead atoms. The van der Waals surface area contributed by atoms with Crippen molar-refractivity contribution >= 4 is 10.0 Å². The van der Waals surface area contributed by atoms with Crippen molar-refractivity contribution in [2.75, 3.05) is 13.2 Å². The largest absolute Gasteiger partial charge is 0.380 e. The van der Waals surface area contributed by atoms with E-state index < -0.39 is 15.3 Å². The summed E-state index contributed by atoms with van der Waals surface area (Å²) in [6, 6.07) is 0. The van der Waals surface area contributed by atoms with Crippen LogP contribution in [0.3, 0.4) is 0 Å². The smallest absolute Gasteiger partial charge is 0.214 e. The average molecular weight is 151 g/mol. The summed E-state index contributed by atoms with van der Waals surface area (Å²) in [5.74, 6) is 0. The lowest BCUT2D eigenvalue weighted by Gasteiger charge is -2.00. The van der Waals surface area contributed by atoms with Gasteiger partial charge in [0.15, 0.2) is 0 Å². The molecule has 0 saturated carbocycles. The predicted octanol–water partition coefficient (Wildman–Crippen LogP) is -0.936. The van der Waals surface area contributed by atoms with Crippen LogP contribution < -0.4 is 5.14 Å². The highest BCUT2D eigenvalue weighted by Crippen LogP contribution is 2.09. The zero-order valence-corrected chi connectivity index (χ0v) is 5.73. The van der Waals surface area contributed by atoms with Crippen molar-refractivity contribution < 1.29 is 13.2 Å². The minimum Gasteiger partial charge on any atom is -0.380 e. The quantitative estimate of drug-likeness (QED) is 0.526. The van der Waals surface area contributed by atoms with Gasteiger partial charge in [-0.3, -0.25) is 0 Å². The molecule has 0 spiro atoms. The molecule has 2 N–H and O–H groups in total. The summed E-state index contributed by atoms with van der Waals surface area (Å²) in [5, 5.41) is 4.37. The first-order valence-electron chi connectivity index (χ1n) is 2.70. The molecule has 0 aromatic carbocycles. The minimum atomic E-state index is -3.33. The van der Waals surface area contributed by atoms with Crippen LogP contribution in [0.4, 0.5) is 0 Å². The molecular formula is C4H9NO3S. The Morgan fingerprint density at radius 1 is 1.56 bits per heavy atom. The monoisotopic (exact) mass is 151 g/mol. The van der Waals surface area contributed by atoms with Crippen molar-refractivity contribution in [3.8, 4) is 0 Å². The third kappa shape index (κ3) is 1.64. The van der Waals surface area contributed by atoms with Gasteiger partial charge >= 0.3 is 0 Å². The van der Waals surface area contributed by atoms with E-state index in [-0.39, 0.29) is 6.61 Å². The van der Waals surface area contributed by atoms with Crippen molar-refractivity contribution in [2.24, 2.45) is 5.14 Å². The Bertz CT molecular complexity index is 180. The SMILES string of the molecule is NS(=O)(=O)C1CCOC1. The van der Waals surface area contributed by atoms with Crippen molar-refractivity contribution in [3.63, 3.8) is 0 Å². The van der Waals surface area contributed by atoms with E-state index in [9.17, 15) is 8.42 Å². The predicted molar refractivity (Wildman–Crippen MR) is 32.3 cm³/mol. The summed E-state index contributed by atoms with van der Waals surface area (Å²) >= 11 is 0. The Balaban J connectivity index is 2.63. The third-order valence-corrected chi connectivity index (χ3v) is 2.65. The molecule has 1 unspecified atom stereocenters. The first-order chi connectivity index (χ1) is 4.11. The maximum absolute atomic E-state index is 10.5. The summed E-state index contributed by atoms with van der Waals surface area (Å²) < 4.78 is 25.9. The molecule has 9 heavy (non-hydrogen) atoms. The second-order valence-electron chi connectivity index (χ2n) is 2.07. The molecule has 0 aromatic heterocycles. The zero-order chi connectivity index (χ0) is 6.91. The molecule has 1 aliphatic rings. The zero-order valence-electron chi connectivity index (χ0n) is 4.91. The van der Waals surface area contributed by atoms with Crippen LogP contribution in [0, 0.1) is 0 Å². The van der Waals surface area contributed by atoms with E-state index in [4.69, 9.17) is 9.88 Å². The van der Waals surface area contributed by atoms with Gasteiger partial charge in [0.2, 0.25) is 10.0 Å². The topological polar surface area (TPSA) is 69.4 Å². The van der Waals surface area contributed by atoms with Crippen molar-refractivity contribution in [1.82, 2.24) is 0 Å². The highest BCUT2D eigenvalue weighted by molar-refractivity contribution is 7.89. The third-order valence-electron chi connectivity index (χ3n) is 1.35. The van der Waals surface area contributed by atoms with Gasteiger partial charge in [0.25, 0.3) is 0 Å². The number of sulfonamides is 1. The summed E-state index contributed by atoms with van der Waals surface area (Å²) in [5.41, 5.74) is 0. The van der Waals surface area contributed by atoms with E-state index >= 15 is 0 Å². The lowest BCUT2D eigenvalue weighted by atomic mass is 10.4. The van der Waals surface area contributed by atoms with E-state index in [1.165, 1.54) is 0 Å². The number of hydrogen-bond donors (Lipinski definition) is 1. The maximum atomic E-state index is 10.5. The summed E-state index contributed by atoms with van der Waals surface area (Å²) in [7, 11) is -3.33. The van der Waals surface area contributed by atoms with Gasteiger partial charge < -0.3 is 4.74 Å². The van der Waals surface area contributed by atoms with Crippen LogP contribution in [0.2, 0.25) is 0 Å². The molecule has 0 aromatic rings. The van der Waals surface area contributed by atoms with Crippen LogP contribution in [0.1, 0.15) is 6.42 Å². The Labute approximate surface area is 54.0 Å². The Hall–Kier alpha value is -0.130. The van der Waals surface area contributed by atoms with Crippen LogP contribution in [0.15, 0.2) is 0 Å². The molecule has 0 radical (unpaired) electrons.